The van der Waals surface area contributed by atoms with E-state index >= 15 is 0 Å². The Morgan fingerprint density at radius 3 is 2.61 bits per heavy atom. The van der Waals surface area contributed by atoms with Crippen LogP contribution < -0.4 is 5.32 Å². The summed E-state index contributed by atoms with van der Waals surface area (Å²) in [7, 11) is 1.40. The summed E-state index contributed by atoms with van der Waals surface area (Å²) in [6.45, 7) is 6.17. The Kier molecular flexibility index (Phi) is 8.05. The second-order valence-electron chi connectivity index (χ2n) is 7.96. The molecule has 1 amide bonds. The summed E-state index contributed by atoms with van der Waals surface area (Å²) in [4.78, 5) is 24.2. The van der Waals surface area contributed by atoms with E-state index in [0.717, 1.165) is 30.4 Å². The average molecular weight is 389 g/mol. The predicted molar refractivity (Wildman–Crippen MR) is 107 cm³/mol. The third-order valence-corrected chi connectivity index (χ3v) is 4.42. The third-order valence-electron chi connectivity index (χ3n) is 4.42. The molecule has 6 heteroatoms. The first-order chi connectivity index (χ1) is 13.3. The van der Waals surface area contributed by atoms with E-state index in [0.29, 0.717) is 6.61 Å². The minimum Gasteiger partial charge on any atom is -0.469 e. The van der Waals surface area contributed by atoms with Crippen LogP contribution in [0.4, 0.5) is 4.79 Å². The van der Waals surface area contributed by atoms with Crippen LogP contribution in [-0.2, 0) is 25.6 Å². The van der Waals surface area contributed by atoms with Gasteiger partial charge in [-0.1, -0.05) is 42.0 Å². The number of hydrogen-bond acceptors (Lipinski definition) is 5. The number of hydrogen-bond donors (Lipinski definition) is 1. The zero-order chi connectivity index (χ0) is 20.6. The largest absolute Gasteiger partial charge is 0.469 e. The van der Waals surface area contributed by atoms with Gasteiger partial charge in [0.25, 0.3) is 0 Å². The van der Waals surface area contributed by atoms with Gasteiger partial charge < -0.3 is 19.5 Å². The quantitative estimate of drug-likeness (QED) is 0.564. The highest BCUT2D eigenvalue weighted by molar-refractivity contribution is 5.76. The summed E-state index contributed by atoms with van der Waals surface area (Å²) in [5.74, 6) is -0.480. The van der Waals surface area contributed by atoms with Crippen LogP contribution in [0.25, 0.3) is 0 Å². The molecule has 0 heterocycles. The van der Waals surface area contributed by atoms with Crippen LogP contribution in [0.15, 0.2) is 42.0 Å². The van der Waals surface area contributed by atoms with Crippen molar-refractivity contribution < 1.29 is 23.8 Å². The average Bonchev–Trinajstić information content (AvgIpc) is 3.08. The Hall–Kier alpha value is -2.34. The molecule has 1 aliphatic rings. The van der Waals surface area contributed by atoms with Crippen molar-refractivity contribution in [2.45, 2.75) is 58.3 Å². The lowest BCUT2D eigenvalue weighted by molar-refractivity contribution is -0.143. The lowest BCUT2D eigenvalue weighted by Crippen LogP contribution is -2.40. The van der Waals surface area contributed by atoms with E-state index in [4.69, 9.17) is 14.2 Å². The number of esters is 1. The number of alkyl carbamates (subject to hydrolysis) is 1. The van der Waals surface area contributed by atoms with Crippen LogP contribution in [0.1, 0.15) is 45.6 Å². The minimum atomic E-state index is -0.589. The molecule has 1 aromatic rings. The van der Waals surface area contributed by atoms with Gasteiger partial charge in [0, 0.05) is 0 Å². The van der Waals surface area contributed by atoms with E-state index < -0.39 is 11.7 Å². The van der Waals surface area contributed by atoms with E-state index in [1.807, 2.05) is 57.2 Å². The lowest BCUT2D eigenvalue weighted by atomic mass is 10.0. The number of amides is 1. The highest BCUT2D eigenvalue weighted by Crippen LogP contribution is 2.32. The second-order valence-corrected chi connectivity index (χ2v) is 7.96. The fourth-order valence-corrected chi connectivity index (χ4v) is 3.21. The molecule has 0 radical (unpaired) electrons. The van der Waals surface area contributed by atoms with Crippen LogP contribution in [0.2, 0.25) is 0 Å². The maximum atomic E-state index is 12.2. The number of carbonyl (C=O) groups is 2. The van der Waals surface area contributed by atoms with Gasteiger partial charge >= 0.3 is 12.1 Å². The summed E-state index contributed by atoms with van der Waals surface area (Å²) in [6, 6.07) is 9.44. The van der Waals surface area contributed by atoms with Crippen LogP contribution >= 0.6 is 0 Å². The van der Waals surface area contributed by atoms with E-state index in [2.05, 4.69) is 5.32 Å². The van der Waals surface area contributed by atoms with E-state index in [-0.39, 0.29) is 24.5 Å². The number of ether oxygens (including phenoxy) is 3. The van der Waals surface area contributed by atoms with Crippen molar-refractivity contribution in [1.29, 1.82) is 0 Å². The molecular formula is C22H31NO5. The number of nitrogens with one attached hydrogen (secondary N) is 1. The molecule has 0 aromatic heterocycles. The smallest absolute Gasteiger partial charge is 0.408 e. The topological polar surface area (TPSA) is 73.9 Å². The van der Waals surface area contributed by atoms with Gasteiger partial charge in [-0.15, -0.1) is 0 Å². The fourth-order valence-electron chi connectivity index (χ4n) is 3.21. The summed E-state index contributed by atoms with van der Waals surface area (Å²) in [5.41, 5.74) is 1.45. The Bertz CT molecular complexity index is 678. The molecule has 28 heavy (non-hydrogen) atoms. The first-order valence-corrected chi connectivity index (χ1v) is 9.68. The van der Waals surface area contributed by atoms with Gasteiger partial charge in [0.05, 0.1) is 32.3 Å². The molecule has 1 saturated carbocycles. The lowest BCUT2D eigenvalue weighted by Gasteiger charge is -2.23. The first kappa shape index (κ1) is 22.0. The Balaban J connectivity index is 2.05. The third kappa shape index (κ3) is 7.35. The number of benzene rings is 1. The molecule has 1 aromatic carbocycles. The predicted octanol–water partition coefficient (Wildman–Crippen LogP) is 4.00. The Morgan fingerprint density at radius 2 is 1.96 bits per heavy atom. The molecule has 0 saturated heterocycles. The van der Waals surface area contributed by atoms with Crippen molar-refractivity contribution in [3.05, 3.63) is 47.5 Å². The molecular weight excluding hydrogens is 358 g/mol. The minimum absolute atomic E-state index is 0.232. The number of rotatable bonds is 7. The number of carbonyl (C=O) groups excluding carboxylic acids is 2. The van der Waals surface area contributed by atoms with Gasteiger partial charge in [-0.3, -0.25) is 4.79 Å². The molecule has 0 aliphatic heterocycles. The standard InChI is InChI=1S/C22H31NO5/c1-22(2,3)28-21(25)23-18(15-27-14-16-9-6-5-7-10-16)13-17-11-8-12-19(17)20(24)26-4/h5-7,9-10,13,18-19H,8,11-12,14-15H2,1-4H3,(H,23,25)/b17-13+/t18-,19-/m1/s1. The molecule has 1 fully saturated rings. The van der Waals surface area contributed by atoms with Crippen molar-refractivity contribution in [2.24, 2.45) is 5.92 Å². The maximum absolute atomic E-state index is 12.2. The van der Waals surface area contributed by atoms with E-state index in [9.17, 15) is 9.59 Å². The van der Waals surface area contributed by atoms with Gasteiger partial charge in [-0.25, -0.2) is 4.79 Å². The van der Waals surface area contributed by atoms with Crippen LogP contribution in [0, 0.1) is 5.92 Å². The molecule has 2 rings (SSSR count). The molecule has 6 nitrogen and oxygen atoms in total. The zero-order valence-corrected chi connectivity index (χ0v) is 17.2. The Morgan fingerprint density at radius 1 is 1.25 bits per heavy atom. The second kappa shape index (κ2) is 10.3. The monoisotopic (exact) mass is 389 g/mol. The van der Waals surface area contributed by atoms with Crippen molar-refractivity contribution in [3.8, 4) is 0 Å². The zero-order valence-electron chi connectivity index (χ0n) is 17.2. The molecule has 1 N–H and O–H groups in total. The van der Waals surface area contributed by atoms with Crippen LogP contribution in [0.3, 0.4) is 0 Å². The molecule has 0 bridgehead atoms. The summed E-state index contributed by atoms with van der Waals surface area (Å²) in [6.07, 6.45) is 3.91. The molecule has 154 valence electrons. The summed E-state index contributed by atoms with van der Waals surface area (Å²) >= 11 is 0. The van der Waals surface area contributed by atoms with Crippen LogP contribution in [0.5, 0.6) is 0 Å². The summed E-state index contributed by atoms with van der Waals surface area (Å²) < 4.78 is 16.1. The van der Waals surface area contributed by atoms with E-state index in [1.54, 1.807) is 0 Å². The van der Waals surface area contributed by atoms with Gasteiger partial charge in [0.1, 0.15) is 5.60 Å². The van der Waals surface area contributed by atoms with Gasteiger partial charge in [0.2, 0.25) is 0 Å². The fraction of sp³-hybridized carbons (Fsp3) is 0.545. The SMILES string of the molecule is COC(=O)[C@@H]1CCC/C1=C\[C@H](COCc1ccccc1)NC(=O)OC(C)(C)C. The van der Waals surface area contributed by atoms with Gasteiger partial charge in [-0.2, -0.15) is 0 Å². The Labute approximate surface area is 167 Å². The van der Waals surface area contributed by atoms with Gasteiger partial charge in [0.15, 0.2) is 0 Å². The molecule has 0 unspecified atom stereocenters. The first-order valence-electron chi connectivity index (χ1n) is 9.68. The van der Waals surface area contributed by atoms with Crippen molar-refractivity contribution >= 4 is 12.1 Å². The highest BCUT2D eigenvalue weighted by atomic mass is 16.6. The maximum Gasteiger partial charge on any atom is 0.408 e. The van der Waals surface area contributed by atoms with Crippen molar-refractivity contribution in [1.82, 2.24) is 5.32 Å². The van der Waals surface area contributed by atoms with E-state index in [1.165, 1.54) is 7.11 Å². The van der Waals surface area contributed by atoms with Crippen molar-refractivity contribution in [2.75, 3.05) is 13.7 Å². The number of methoxy groups -OCH3 is 1. The van der Waals surface area contributed by atoms with Crippen molar-refractivity contribution in [3.63, 3.8) is 0 Å². The van der Waals surface area contributed by atoms with Crippen LogP contribution in [-0.4, -0.2) is 37.4 Å². The molecule has 1 aliphatic carbocycles. The highest BCUT2D eigenvalue weighted by Gasteiger charge is 2.29. The van der Waals surface area contributed by atoms with Gasteiger partial charge in [-0.05, 0) is 45.6 Å². The normalized spacial score (nSPS) is 19.3. The summed E-state index contributed by atoms with van der Waals surface area (Å²) in [5, 5.41) is 2.85. The molecule has 2 atom stereocenters. The molecule has 0 spiro atoms.